The summed E-state index contributed by atoms with van der Waals surface area (Å²) in [6.45, 7) is 0.392. The van der Waals surface area contributed by atoms with Crippen LogP contribution in [0.25, 0.3) is 17.2 Å². The van der Waals surface area contributed by atoms with Gasteiger partial charge in [-0.05, 0) is 36.4 Å². The Morgan fingerprint density at radius 1 is 1.12 bits per heavy atom. The molecule has 0 aliphatic heterocycles. The molecule has 3 rings (SSSR count). The number of hydrogen-bond donors (Lipinski definition) is 0. The predicted octanol–water partition coefficient (Wildman–Crippen LogP) is 4.12. The summed E-state index contributed by atoms with van der Waals surface area (Å²) in [6, 6.07) is 14.3. The van der Waals surface area contributed by atoms with Gasteiger partial charge in [-0.15, -0.1) is 0 Å². The molecule has 24 heavy (non-hydrogen) atoms. The molecular weight excluding hydrogens is 330 g/mol. The number of halogens is 1. The lowest BCUT2D eigenvalue weighted by atomic mass is 10.3. The summed E-state index contributed by atoms with van der Waals surface area (Å²) >= 11 is 5.78. The molecule has 5 nitrogen and oxygen atoms in total. The van der Waals surface area contributed by atoms with Gasteiger partial charge in [0.05, 0.1) is 0 Å². The fraction of sp³-hybridized carbons (Fsp3) is 0.111. The highest BCUT2D eigenvalue weighted by Crippen LogP contribution is 2.16. The number of hydrogen-bond acceptors (Lipinski definition) is 5. The number of fused-ring (bicyclic) bond motifs is 1. The van der Waals surface area contributed by atoms with E-state index in [1.165, 1.54) is 12.2 Å². The van der Waals surface area contributed by atoms with Gasteiger partial charge in [-0.1, -0.05) is 23.7 Å². The minimum atomic E-state index is -0.489. The van der Waals surface area contributed by atoms with Gasteiger partial charge in [0.2, 0.25) is 5.89 Å². The van der Waals surface area contributed by atoms with E-state index < -0.39 is 5.97 Å². The van der Waals surface area contributed by atoms with E-state index in [9.17, 15) is 4.79 Å². The average molecular weight is 344 g/mol. The standard InChI is InChI=1S/C18H14ClNO4/c19-13-5-7-14(8-6-13)22-11-12-23-18(21)10-9-17-20-15-3-1-2-4-16(15)24-17/h1-10H,11-12H2/b10-9+. The summed E-state index contributed by atoms with van der Waals surface area (Å²) < 4.78 is 15.9. The topological polar surface area (TPSA) is 61.6 Å². The zero-order valence-corrected chi connectivity index (χ0v) is 13.4. The van der Waals surface area contributed by atoms with Crippen molar-refractivity contribution in [3.8, 4) is 5.75 Å². The summed E-state index contributed by atoms with van der Waals surface area (Å²) in [4.78, 5) is 15.9. The van der Waals surface area contributed by atoms with E-state index in [0.29, 0.717) is 22.2 Å². The highest BCUT2D eigenvalue weighted by molar-refractivity contribution is 6.30. The predicted molar refractivity (Wildman–Crippen MR) is 90.9 cm³/mol. The molecule has 0 fully saturated rings. The average Bonchev–Trinajstić information content (AvgIpc) is 3.01. The number of benzene rings is 2. The Kier molecular flexibility index (Phi) is 5.13. The van der Waals surface area contributed by atoms with Crippen molar-refractivity contribution in [2.24, 2.45) is 0 Å². The van der Waals surface area contributed by atoms with Gasteiger partial charge in [0.15, 0.2) is 5.58 Å². The second kappa shape index (κ2) is 7.66. The second-order valence-electron chi connectivity index (χ2n) is 4.82. The first kappa shape index (κ1) is 16.1. The molecule has 1 aromatic heterocycles. The third-order valence-electron chi connectivity index (χ3n) is 3.08. The molecular formula is C18H14ClNO4. The Morgan fingerprint density at radius 2 is 1.92 bits per heavy atom. The van der Waals surface area contributed by atoms with Gasteiger partial charge in [-0.25, -0.2) is 9.78 Å². The van der Waals surface area contributed by atoms with Crippen LogP contribution in [-0.4, -0.2) is 24.2 Å². The molecule has 0 amide bonds. The highest BCUT2D eigenvalue weighted by atomic mass is 35.5. The smallest absolute Gasteiger partial charge is 0.331 e. The van der Waals surface area contributed by atoms with Crippen LogP contribution >= 0.6 is 11.6 Å². The highest BCUT2D eigenvalue weighted by Gasteiger charge is 2.03. The number of aromatic nitrogens is 1. The number of esters is 1. The number of nitrogens with zero attached hydrogens (tertiary/aromatic N) is 1. The Hall–Kier alpha value is -2.79. The molecule has 0 spiro atoms. The SMILES string of the molecule is O=C(/C=C/c1nc2ccccc2o1)OCCOc1ccc(Cl)cc1. The summed E-state index contributed by atoms with van der Waals surface area (Å²) in [6.07, 6.45) is 2.75. The fourth-order valence-electron chi connectivity index (χ4n) is 1.98. The number of ether oxygens (including phenoxy) is 2. The lowest BCUT2D eigenvalue weighted by Crippen LogP contribution is -2.10. The number of rotatable bonds is 6. The van der Waals surface area contributed by atoms with Crippen LogP contribution in [0.4, 0.5) is 0 Å². The summed E-state index contributed by atoms with van der Waals surface area (Å²) in [5, 5.41) is 0.637. The monoisotopic (exact) mass is 343 g/mol. The molecule has 0 aliphatic carbocycles. The van der Waals surface area contributed by atoms with Gasteiger partial charge in [0.25, 0.3) is 0 Å². The van der Waals surface area contributed by atoms with Crippen LogP contribution in [0, 0.1) is 0 Å². The number of oxazole rings is 1. The molecule has 1 heterocycles. The number of carbonyl (C=O) groups is 1. The first-order valence-electron chi connectivity index (χ1n) is 7.29. The van der Waals surface area contributed by atoms with Crippen LogP contribution < -0.4 is 4.74 Å². The van der Waals surface area contributed by atoms with E-state index >= 15 is 0 Å². The van der Waals surface area contributed by atoms with Crippen LogP contribution in [0.15, 0.2) is 59.0 Å². The number of carbonyl (C=O) groups excluding carboxylic acids is 1. The van der Waals surface area contributed by atoms with Crippen molar-refractivity contribution in [1.82, 2.24) is 4.98 Å². The van der Waals surface area contributed by atoms with E-state index in [1.807, 2.05) is 24.3 Å². The quantitative estimate of drug-likeness (QED) is 0.383. The molecule has 0 atom stereocenters. The van der Waals surface area contributed by atoms with Crippen molar-refractivity contribution in [2.75, 3.05) is 13.2 Å². The largest absolute Gasteiger partial charge is 0.490 e. The molecule has 0 N–H and O–H groups in total. The van der Waals surface area contributed by atoms with Crippen molar-refractivity contribution < 1.29 is 18.7 Å². The molecule has 122 valence electrons. The second-order valence-corrected chi connectivity index (χ2v) is 5.26. The van der Waals surface area contributed by atoms with E-state index in [1.54, 1.807) is 24.3 Å². The third-order valence-corrected chi connectivity index (χ3v) is 3.33. The van der Waals surface area contributed by atoms with Crippen LogP contribution in [-0.2, 0) is 9.53 Å². The molecule has 0 saturated heterocycles. The van der Waals surface area contributed by atoms with Crippen LogP contribution in [0.1, 0.15) is 5.89 Å². The van der Waals surface area contributed by atoms with Crippen LogP contribution in [0.5, 0.6) is 5.75 Å². The zero-order valence-electron chi connectivity index (χ0n) is 12.6. The van der Waals surface area contributed by atoms with Crippen LogP contribution in [0.2, 0.25) is 5.02 Å². The van der Waals surface area contributed by atoms with Gasteiger partial charge < -0.3 is 13.9 Å². The molecule has 0 saturated carbocycles. The maximum atomic E-state index is 11.6. The summed E-state index contributed by atoms with van der Waals surface area (Å²) in [7, 11) is 0. The van der Waals surface area contributed by atoms with Crippen LogP contribution in [0.3, 0.4) is 0 Å². The van der Waals surface area contributed by atoms with E-state index in [-0.39, 0.29) is 13.2 Å². The lowest BCUT2D eigenvalue weighted by Gasteiger charge is -2.06. The molecule has 3 aromatic rings. The Balaban J connectivity index is 1.44. The van der Waals surface area contributed by atoms with Crippen molar-refractivity contribution in [3.63, 3.8) is 0 Å². The molecule has 6 heteroatoms. The Bertz CT molecular complexity index is 822. The van der Waals surface area contributed by atoms with Crippen molar-refractivity contribution >= 4 is 34.7 Å². The Morgan fingerprint density at radius 3 is 2.71 bits per heavy atom. The van der Waals surface area contributed by atoms with Gasteiger partial charge in [0.1, 0.15) is 24.5 Å². The molecule has 0 unspecified atom stereocenters. The molecule has 2 aromatic carbocycles. The first-order chi connectivity index (χ1) is 11.7. The maximum absolute atomic E-state index is 11.6. The summed E-state index contributed by atoms with van der Waals surface area (Å²) in [5.41, 5.74) is 1.41. The van der Waals surface area contributed by atoms with Crippen molar-refractivity contribution in [1.29, 1.82) is 0 Å². The lowest BCUT2D eigenvalue weighted by molar-refractivity contribution is -0.138. The van der Waals surface area contributed by atoms with E-state index in [0.717, 1.165) is 5.52 Å². The Labute approximate surface area is 143 Å². The van der Waals surface area contributed by atoms with Gasteiger partial charge in [0, 0.05) is 17.2 Å². The van der Waals surface area contributed by atoms with Gasteiger partial charge in [-0.2, -0.15) is 0 Å². The van der Waals surface area contributed by atoms with Crippen molar-refractivity contribution in [3.05, 3.63) is 65.5 Å². The molecule has 0 radical (unpaired) electrons. The van der Waals surface area contributed by atoms with Crippen molar-refractivity contribution in [2.45, 2.75) is 0 Å². The normalized spacial score (nSPS) is 11.0. The zero-order chi connectivity index (χ0) is 16.8. The fourth-order valence-corrected chi connectivity index (χ4v) is 2.11. The van der Waals surface area contributed by atoms with E-state index in [4.69, 9.17) is 25.5 Å². The minimum absolute atomic E-state index is 0.138. The molecule has 0 aliphatic rings. The minimum Gasteiger partial charge on any atom is -0.490 e. The molecule has 0 bridgehead atoms. The number of para-hydroxylation sites is 2. The van der Waals surface area contributed by atoms with Gasteiger partial charge >= 0.3 is 5.97 Å². The summed E-state index contributed by atoms with van der Waals surface area (Å²) in [5.74, 6) is 0.528. The first-order valence-corrected chi connectivity index (χ1v) is 7.67. The van der Waals surface area contributed by atoms with E-state index in [2.05, 4.69) is 4.98 Å². The third kappa shape index (κ3) is 4.36. The van der Waals surface area contributed by atoms with Gasteiger partial charge in [-0.3, -0.25) is 0 Å². The maximum Gasteiger partial charge on any atom is 0.331 e.